The zero-order valence-corrected chi connectivity index (χ0v) is 18.7. The van der Waals surface area contributed by atoms with Crippen LogP contribution in [0, 0.1) is 5.92 Å². The Morgan fingerprint density at radius 3 is 2.68 bits per heavy atom. The van der Waals surface area contributed by atoms with Crippen molar-refractivity contribution in [3.63, 3.8) is 0 Å². The normalized spacial score (nSPS) is 16.7. The lowest BCUT2D eigenvalue weighted by molar-refractivity contribution is -0.117. The zero-order valence-electron chi connectivity index (χ0n) is 16.7. The summed E-state index contributed by atoms with van der Waals surface area (Å²) in [5.41, 5.74) is -3.18. The lowest BCUT2D eigenvalue weighted by atomic mass is 10.0. The second-order valence-corrected chi connectivity index (χ2v) is 9.53. The highest BCUT2D eigenvalue weighted by atomic mass is 32.2. The predicted molar refractivity (Wildman–Crippen MR) is 116 cm³/mol. The summed E-state index contributed by atoms with van der Waals surface area (Å²) < 4.78 is 65.4. The van der Waals surface area contributed by atoms with Crippen LogP contribution in [-0.2, 0) is 25.2 Å². The average Bonchev–Trinajstić information content (AvgIpc) is 3.19. The average molecular weight is 472 g/mol. The first-order valence-corrected chi connectivity index (χ1v) is 11.5. The molecule has 1 aliphatic rings. The SMILES string of the molecule is COc1cc(NC(=O)CC2CCOC2)ccc1S(=O)(=O)Nc1cccc(C(F)(F)P)c1. The van der Waals surface area contributed by atoms with Crippen molar-refractivity contribution in [2.45, 2.75) is 23.4 Å². The monoisotopic (exact) mass is 472 g/mol. The number of carbonyl (C=O) groups excluding carboxylic acids is 1. The van der Waals surface area contributed by atoms with Crippen molar-refractivity contribution in [1.29, 1.82) is 0 Å². The molecule has 2 N–H and O–H groups in total. The fraction of sp³-hybridized carbons (Fsp3) is 0.350. The summed E-state index contributed by atoms with van der Waals surface area (Å²) in [6.45, 7) is 1.19. The number of amides is 1. The van der Waals surface area contributed by atoms with Gasteiger partial charge in [0.25, 0.3) is 15.7 Å². The maximum Gasteiger partial charge on any atom is 0.283 e. The molecule has 1 saturated heterocycles. The topological polar surface area (TPSA) is 93.7 Å². The summed E-state index contributed by atoms with van der Waals surface area (Å²) >= 11 is 0. The lowest BCUT2D eigenvalue weighted by Crippen LogP contribution is -2.17. The van der Waals surface area contributed by atoms with Crippen molar-refractivity contribution in [2.75, 3.05) is 30.4 Å². The molecule has 1 fully saturated rings. The van der Waals surface area contributed by atoms with E-state index < -0.39 is 15.7 Å². The number of ether oxygens (including phenoxy) is 2. The van der Waals surface area contributed by atoms with Crippen LogP contribution in [0.5, 0.6) is 5.75 Å². The van der Waals surface area contributed by atoms with Gasteiger partial charge in [-0.2, -0.15) is 8.78 Å². The molecule has 0 saturated carbocycles. The van der Waals surface area contributed by atoms with Crippen molar-refractivity contribution in [3.05, 3.63) is 48.0 Å². The Morgan fingerprint density at radius 2 is 2.03 bits per heavy atom. The van der Waals surface area contributed by atoms with Crippen molar-refractivity contribution < 1.29 is 31.5 Å². The van der Waals surface area contributed by atoms with Crippen LogP contribution in [0.25, 0.3) is 0 Å². The van der Waals surface area contributed by atoms with Gasteiger partial charge in [-0.05, 0) is 36.6 Å². The first kappa shape index (κ1) is 23.4. The molecule has 0 aliphatic carbocycles. The van der Waals surface area contributed by atoms with Gasteiger partial charge in [0.1, 0.15) is 10.6 Å². The number of rotatable bonds is 8. The standard InChI is InChI=1S/C20H23F2N2O5PS/c1-28-17-11-15(23-19(25)9-13-7-8-29-12-13)5-6-18(17)31(26,27)24-16-4-2-3-14(10-16)20(21,22)30/h2-6,10-11,13,24H,7-9,12,30H2,1H3,(H,23,25). The van der Waals surface area contributed by atoms with Crippen LogP contribution >= 0.6 is 9.24 Å². The number of carbonyl (C=O) groups is 1. The predicted octanol–water partition coefficient (Wildman–Crippen LogP) is 3.79. The minimum atomic E-state index is -4.14. The molecule has 0 aromatic heterocycles. The van der Waals surface area contributed by atoms with Gasteiger partial charge in [0.15, 0.2) is 0 Å². The van der Waals surface area contributed by atoms with Gasteiger partial charge in [-0.15, -0.1) is 0 Å². The maximum atomic E-state index is 13.5. The van der Waals surface area contributed by atoms with Crippen molar-refractivity contribution >= 4 is 36.5 Å². The number of nitrogens with one attached hydrogen (secondary N) is 2. The van der Waals surface area contributed by atoms with Gasteiger partial charge in [0.05, 0.1) is 7.11 Å². The van der Waals surface area contributed by atoms with E-state index in [0.29, 0.717) is 25.3 Å². The highest BCUT2D eigenvalue weighted by Gasteiger charge is 2.26. The van der Waals surface area contributed by atoms with Gasteiger partial charge in [-0.1, -0.05) is 21.4 Å². The molecule has 31 heavy (non-hydrogen) atoms. The van der Waals surface area contributed by atoms with Gasteiger partial charge < -0.3 is 14.8 Å². The van der Waals surface area contributed by atoms with Gasteiger partial charge in [0, 0.05) is 42.6 Å². The number of hydrogen-bond acceptors (Lipinski definition) is 5. The van der Waals surface area contributed by atoms with Crippen LogP contribution in [0.1, 0.15) is 18.4 Å². The molecular weight excluding hydrogens is 449 g/mol. The van der Waals surface area contributed by atoms with E-state index in [0.717, 1.165) is 12.5 Å². The molecule has 1 aliphatic heterocycles. The molecule has 2 aromatic carbocycles. The second kappa shape index (κ2) is 9.46. The first-order chi connectivity index (χ1) is 14.6. The summed E-state index contributed by atoms with van der Waals surface area (Å²) in [6.07, 6.45) is 1.13. The minimum Gasteiger partial charge on any atom is -0.495 e. The Morgan fingerprint density at radius 1 is 1.26 bits per heavy atom. The van der Waals surface area contributed by atoms with E-state index in [4.69, 9.17) is 9.47 Å². The second-order valence-electron chi connectivity index (χ2n) is 7.16. The number of alkyl halides is 2. The van der Waals surface area contributed by atoms with Crippen LogP contribution in [0.2, 0.25) is 0 Å². The van der Waals surface area contributed by atoms with E-state index in [1.807, 2.05) is 0 Å². The number of sulfonamides is 1. The summed E-state index contributed by atoms with van der Waals surface area (Å²) in [7, 11) is -1.43. The molecule has 1 heterocycles. The van der Waals surface area contributed by atoms with Gasteiger partial charge in [0.2, 0.25) is 5.91 Å². The number of halogens is 2. The molecule has 0 spiro atoms. The molecule has 2 unspecified atom stereocenters. The van der Waals surface area contributed by atoms with Crippen molar-refractivity contribution in [1.82, 2.24) is 0 Å². The highest BCUT2D eigenvalue weighted by molar-refractivity contribution is 7.92. The van der Waals surface area contributed by atoms with Crippen LogP contribution in [0.15, 0.2) is 47.4 Å². The molecule has 2 atom stereocenters. The van der Waals surface area contributed by atoms with Crippen LogP contribution in [-0.4, -0.2) is 34.6 Å². The fourth-order valence-electron chi connectivity index (χ4n) is 3.19. The van der Waals surface area contributed by atoms with Crippen LogP contribution in [0.4, 0.5) is 20.2 Å². The quantitative estimate of drug-likeness (QED) is 0.571. The van der Waals surface area contributed by atoms with Crippen LogP contribution < -0.4 is 14.8 Å². The maximum absolute atomic E-state index is 13.5. The van der Waals surface area contributed by atoms with E-state index in [-0.39, 0.29) is 33.7 Å². The van der Waals surface area contributed by atoms with Crippen LogP contribution in [0.3, 0.4) is 0 Å². The molecular formula is C20H23F2N2O5PS. The summed E-state index contributed by atoms with van der Waals surface area (Å²) in [6, 6.07) is 9.06. The van der Waals surface area contributed by atoms with E-state index in [9.17, 15) is 22.0 Å². The van der Waals surface area contributed by atoms with E-state index in [1.54, 1.807) is 0 Å². The van der Waals surface area contributed by atoms with Gasteiger partial charge in [-0.3, -0.25) is 9.52 Å². The number of hydrogen-bond donors (Lipinski definition) is 2. The van der Waals surface area contributed by atoms with Crippen molar-refractivity contribution in [2.24, 2.45) is 5.92 Å². The van der Waals surface area contributed by atoms with E-state index >= 15 is 0 Å². The molecule has 3 rings (SSSR count). The summed E-state index contributed by atoms with van der Waals surface area (Å²) in [5.74, 6) is -0.0427. The highest BCUT2D eigenvalue weighted by Crippen LogP contribution is 2.36. The summed E-state index contributed by atoms with van der Waals surface area (Å²) in [5, 5.41) is 2.72. The number of benzene rings is 2. The van der Waals surface area contributed by atoms with E-state index in [1.165, 1.54) is 52.7 Å². The third-order valence-electron chi connectivity index (χ3n) is 4.73. The largest absolute Gasteiger partial charge is 0.495 e. The zero-order chi connectivity index (χ0) is 22.6. The molecule has 0 radical (unpaired) electrons. The van der Waals surface area contributed by atoms with Gasteiger partial charge >= 0.3 is 0 Å². The number of anilines is 2. The first-order valence-electron chi connectivity index (χ1n) is 9.44. The fourth-order valence-corrected chi connectivity index (χ4v) is 4.57. The Labute approximate surface area is 181 Å². The number of methoxy groups -OCH3 is 1. The summed E-state index contributed by atoms with van der Waals surface area (Å²) in [4.78, 5) is 12.0. The molecule has 7 nitrogen and oxygen atoms in total. The van der Waals surface area contributed by atoms with E-state index in [2.05, 4.69) is 10.0 Å². The Kier molecular flexibility index (Phi) is 7.13. The van der Waals surface area contributed by atoms with Gasteiger partial charge in [-0.25, -0.2) is 8.42 Å². The Balaban J connectivity index is 1.77. The minimum absolute atomic E-state index is 0.00188. The Bertz CT molecular complexity index is 1050. The molecule has 0 bridgehead atoms. The molecule has 11 heteroatoms. The van der Waals surface area contributed by atoms with Crippen molar-refractivity contribution in [3.8, 4) is 5.75 Å². The molecule has 168 valence electrons. The molecule has 1 amide bonds. The Hall–Kier alpha value is -2.29. The smallest absolute Gasteiger partial charge is 0.283 e. The molecule has 2 aromatic rings. The third-order valence-corrected chi connectivity index (χ3v) is 6.49. The lowest BCUT2D eigenvalue weighted by Gasteiger charge is -2.15. The third kappa shape index (κ3) is 6.12.